The first-order valence-electron chi connectivity index (χ1n) is 6.11. The highest BCUT2D eigenvalue weighted by atomic mass is 19.2. The minimum atomic E-state index is -1.23. The molecular weight excluding hydrogens is 238 g/mol. The van der Waals surface area contributed by atoms with Gasteiger partial charge in [-0.05, 0) is 30.4 Å². The molecule has 0 heterocycles. The Morgan fingerprint density at radius 2 is 1.94 bits per heavy atom. The molecule has 18 heavy (non-hydrogen) atoms. The molecule has 0 aliphatic heterocycles. The van der Waals surface area contributed by atoms with Crippen LogP contribution >= 0.6 is 0 Å². The summed E-state index contributed by atoms with van der Waals surface area (Å²) in [4.78, 5) is 11.4. The van der Waals surface area contributed by atoms with Gasteiger partial charge in [0, 0.05) is 5.56 Å². The molecule has 2 rings (SSSR count). The summed E-state index contributed by atoms with van der Waals surface area (Å²) in [6.45, 7) is 3.73. The maximum Gasteiger partial charge on any atom is 0.314 e. The number of aliphatic carboxylic acids is 1. The van der Waals surface area contributed by atoms with Crippen LogP contribution in [0.1, 0.15) is 50.2 Å². The number of hydrogen-bond acceptors (Lipinski definition) is 1. The van der Waals surface area contributed by atoms with Gasteiger partial charge in [-0.3, -0.25) is 4.79 Å². The highest BCUT2D eigenvalue weighted by molar-refractivity contribution is 5.82. The van der Waals surface area contributed by atoms with Crippen LogP contribution in [0.5, 0.6) is 0 Å². The zero-order valence-electron chi connectivity index (χ0n) is 10.5. The summed E-state index contributed by atoms with van der Waals surface area (Å²) in [5.74, 6) is -3.00. The number of halogens is 2. The predicted molar refractivity (Wildman–Crippen MR) is 63.6 cm³/mol. The molecule has 1 aliphatic rings. The van der Waals surface area contributed by atoms with Crippen LogP contribution in [0.4, 0.5) is 8.78 Å². The number of carboxylic acids is 1. The van der Waals surface area contributed by atoms with Crippen molar-refractivity contribution in [3.8, 4) is 0 Å². The summed E-state index contributed by atoms with van der Waals surface area (Å²) >= 11 is 0. The molecule has 0 unspecified atom stereocenters. The van der Waals surface area contributed by atoms with Crippen LogP contribution in [0.15, 0.2) is 12.1 Å². The van der Waals surface area contributed by atoms with E-state index < -0.39 is 23.0 Å². The van der Waals surface area contributed by atoms with E-state index >= 15 is 0 Å². The van der Waals surface area contributed by atoms with Crippen LogP contribution < -0.4 is 0 Å². The summed E-state index contributed by atoms with van der Waals surface area (Å²) < 4.78 is 27.5. The second-order valence-electron chi connectivity index (χ2n) is 5.26. The lowest BCUT2D eigenvalue weighted by atomic mass is 9.64. The maximum atomic E-state index is 13.9. The van der Waals surface area contributed by atoms with Gasteiger partial charge in [0.2, 0.25) is 0 Å². The molecule has 98 valence electrons. The van der Waals surface area contributed by atoms with Crippen molar-refractivity contribution in [3.63, 3.8) is 0 Å². The van der Waals surface area contributed by atoms with Crippen molar-refractivity contribution in [3.05, 3.63) is 34.9 Å². The van der Waals surface area contributed by atoms with Crippen molar-refractivity contribution in [2.24, 2.45) is 0 Å². The number of carbonyl (C=O) groups is 1. The second-order valence-corrected chi connectivity index (χ2v) is 5.26. The summed E-state index contributed by atoms with van der Waals surface area (Å²) in [6.07, 6.45) is 1.49. The van der Waals surface area contributed by atoms with Crippen LogP contribution in [-0.4, -0.2) is 11.1 Å². The third kappa shape index (κ3) is 1.80. The largest absolute Gasteiger partial charge is 0.481 e. The Kier molecular flexibility index (Phi) is 3.13. The van der Waals surface area contributed by atoms with Gasteiger partial charge < -0.3 is 5.11 Å². The molecular formula is C14H16F2O2. The van der Waals surface area contributed by atoms with Crippen molar-refractivity contribution in [1.82, 2.24) is 0 Å². The number of hydrogen-bond donors (Lipinski definition) is 1. The topological polar surface area (TPSA) is 37.3 Å². The molecule has 0 saturated heterocycles. The van der Waals surface area contributed by atoms with Gasteiger partial charge in [-0.2, -0.15) is 0 Å². The summed E-state index contributed by atoms with van der Waals surface area (Å²) in [6, 6.07) is 2.66. The van der Waals surface area contributed by atoms with Crippen molar-refractivity contribution in [1.29, 1.82) is 0 Å². The fraction of sp³-hybridized carbons (Fsp3) is 0.500. The Labute approximate surface area is 105 Å². The van der Waals surface area contributed by atoms with E-state index in [1.165, 1.54) is 6.07 Å². The fourth-order valence-corrected chi connectivity index (χ4v) is 2.42. The van der Waals surface area contributed by atoms with E-state index in [0.29, 0.717) is 18.4 Å². The van der Waals surface area contributed by atoms with Crippen molar-refractivity contribution < 1.29 is 18.7 Å². The maximum absolute atomic E-state index is 13.9. The second kappa shape index (κ2) is 4.34. The van der Waals surface area contributed by atoms with Crippen molar-refractivity contribution in [2.75, 3.05) is 0 Å². The van der Waals surface area contributed by atoms with E-state index in [2.05, 4.69) is 0 Å². The lowest BCUT2D eigenvalue weighted by molar-refractivity contribution is -0.147. The van der Waals surface area contributed by atoms with Gasteiger partial charge in [-0.25, -0.2) is 8.78 Å². The molecule has 0 amide bonds. The molecule has 1 fully saturated rings. The number of carboxylic acid groups (broad SMARTS) is 1. The lowest BCUT2D eigenvalue weighted by Crippen LogP contribution is -2.43. The average Bonchev–Trinajstić information content (AvgIpc) is 2.21. The van der Waals surface area contributed by atoms with E-state index in [-0.39, 0.29) is 11.5 Å². The molecule has 1 N–H and O–H groups in total. The van der Waals surface area contributed by atoms with Gasteiger partial charge >= 0.3 is 5.97 Å². The van der Waals surface area contributed by atoms with Crippen LogP contribution in [-0.2, 0) is 10.2 Å². The molecule has 0 spiro atoms. The summed E-state index contributed by atoms with van der Waals surface area (Å²) in [5.41, 5.74) is -0.586. The highest BCUT2D eigenvalue weighted by Gasteiger charge is 2.48. The summed E-state index contributed by atoms with van der Waals surface area (Å²) in [7, 11) is 0. The molecule has 1 aromatic rings. The number of benzene rings is 1. The predicted octanol–water partition coefficient (Wildman–Crippen LogP) is 3.59. The van der Waals surface area contributed by atoms with Gasteiger partial charge in [0.05, 0.1) is 5.41 Å². The van der Waals surface area contributed by atoms with Crippen LogP contribution in [0.25, 0.3) is 0 Å². The molecule has 0 atom stereocenters. The van der Waals surface area contributed by atoms with E-state index in [1.54, 1.807) is 0 Å². The van der Waals surface area contributed by atoms with Crippen molar-refractivity contribution in [2.45, 2.75) is 44.4 Å². The Morgan fingerprint density at radius 3 is 2.33 bits per heavy atom. The Hall–Kier alpha value is -1.45. The van der Waals surface area contributed by atoms with Crippen LogP contribution in [0.2, 0.25) is 0 Å². The third-order valence-corrected chi connectivity index (χ3v) is 3.85. The quantitative estimate of drug-likeness (QED) is 0.894. The fourth-order valence-electron chi connectivity index (χ4n) is 2.42. The first-order chi connectivity index (χ1) is 8.38. The molecule has 1 saturated carbocycles. The minimum Gasteiger partial charge on any atom is -0.481 e. The average molecular weight is 254 g/mol. The Balaban J connectivity index is 2.59. The van der Waals surface area contributed by atoms with E-state index in [0.717, 1.165) is 12.5 Å². The van der Waals surface area contributed by atoms with Gasteiger partial charge in [0.25, 0.3) is 0 Å². The smallest absolute Gasteiger partial charge is 0.314 e. The normalized spacial score (nSPS) is 17.6. The van der Waals surface area contributed by atoms with Gasteiger partial charge in [0.15, 0.2) is 11.6 Å². The molecule has 1 aliphatic carbocycles. The highest BCUT2D eigenvalue weighted by Crippen LogP contribution is 2.46. The first kappa shape index (κ1) is 13.0. The molecule has 1 aromatic carbocycles. The standard InChI is InChI=1S/C14H16F2O2/c1-8(2)9-6-10(12(16)11(15)7-9)14(13(17)18)4-3-5-14/h6-8H,3-5H2,1-2H3,(H,17,18). The monoisotopic (exact) mass is 254 g/mol. The molecule has 0 bridgehead atoms. The molecule has 4 heteroatoms. The van der Waals surface area contributed by atoms with Gasteiger partial charge in [-0.1, -0.05) is 26.3 Å². The van der Waals surface area contributed by atoms with Crippen LogP contribution in [0, 0.1) is 11.6 Å². The van der Waals surface area contributed by atoms with Crippen LogP contribution in [0.3, 0.4) is 0 Å². The SMILES string of the molecule is CC(C)c1cc(F)c(F)c(C2(C(=O)O)CCC2)c1. The third-order valence-electron chi connectivity index (χ3n) is 3.85. The summed E-state index contributed by atoms with van der Waals surface area (Å²) in [5, 5.41) is 9.29. The Bertz CT molecular complexity index is 491. The molecule has 0 aromatic heterocycles. The minimum absolute atomic E-state index is 0.00458. The van der Waals surface area contributed by atoms with E-state index in [9.17, 15) is 18.7 Å². The van der Waals surface area contributed by atoms with E-state index in [4.69, 9.17) is 0 Å². The zero-order valence-corrected chi connectivity index (χ0v) is 10.5. The van der Waals surface area contributed by atoms with Gasteiger partial charge in [-0.15, -0.1) is 0 Å². The van der Waals surface area contributed by atoms with Crippen molar-refractivity contribution >= 4 is 5.97 Å². The molecule has 2 nitrogen and oxygen atoms in total. The first-order valence-corrected chi connectivity index (χ1v) is 6.11. The lowest BCUT2D eigenvalue weighted by Gasteiger charge is -2.38. The van der Waals surface area contributed by atoms with E-state index in [1.807, 2.05) is 13.8 Å². The number of rotatable bonds is 3. The zero-order chi connectivity index (χ0) is 13.5. The Morgan fingerprint density at radius 1 is 1.33 bits per heavy atom. The molecule has 0 radical (unpaired) electrons. The van der Waals surface area contributed by atoms with Gasteiger partial charge in [0.1, 0.15) is 0 Å².